The molecule has 5 heteroatoms. The van der Waals surface area contributed by atoms with Gasteiger partial charge in [-0.15, -0.1) is 0 Å². The molecule has 0 unspecified atom stereocenters. The number of aryl methyl sites for hydroxylation is 1. The predicted octanol–water partition coefficient (Wildman–Crippen LogP) is 4.66. The lowest BCUT2D eigenvalue weighted by atomic mass is 10.1. The fraction of sp³-hybridized carbons (Fsp3) is 0.0833. The van der Waals surface area contributed by atoms with Gasteiger partial charge in [-0.2, -0.15) is 0 Å². The van der Waals surface area contributed by atoms with Crippen molar-refractivity contribution in [3.63, 3.8) is 0 Å². The molecule has 3 rings (SSSR count). The van der Waals surface area contributed by atoms with Gasteiger partial charge in [0.25, 0.3) is 0 Å². The Kier molecular flexibility index (Phi) is 2.60. The molecule has 0 spiro atoms. The highest BCUT2D eigenvalue weighted by molar-refractivity contribution is 9.10. The molecular weight excluding hydrogens is 348 g/mol. The number of nitrogens with one attached hydrogen (secondary N) is 1. The van der Waals surface area contributed by atoms with Gasteiger partial charge in [-0.1, -0.05) is 15.9 Å². The second-order valence-corrected chi connectivity index (χ2v) is 5.41. The van der Waals surface area contributed by atoms with E-state index in [2.05, 4.69) is 47.9 Å². The largest absolute Gasteiger partial charge is 0.440 e. The van der Waals surface area contributed by atoms with Crippen molar-refractivity contribution in [2.24, 2.45) is 0 Å². The lowest BCUT2D eigenvalue weighted by Crippen LogP contribution is -1.73. The Morgan fingerprint density at radius 1 is 1.29 bits per heavy atom. The van der Waals surface area contributed by atoms with Crippen molar-refractivity contribution in [2.75, 3.05) is 0 Å². The number of aromatic amines is 1. The Morgan fingerprint density at radius 3 is 2.82 bits per heavy atom. The minimum atomic E-state index is 0.649. The number of oxazole rings is 1. The molecule has 0 aliphatic carbocycles. The first-order chi connectivity index (χ1) is 8.15. The fourth-order valence-electron chi connectivity index (χ4n) is 1.85. The summed E-state index contributed by atoms with van der Waals surface area (Å²) in [5.74, 6) is 1.41. The molecule has 86 valence electrons. The monoisotopic (exact) mass is 354 g/mol. The molecule has 0 atom stereocenters. The van der Waals surface area contributed by atoms with Crippen LogP contribution >= 0.6 is 31.9 Å². The number of hydrogen-bond acceptors (Lipinski definition) is 2. The van der Waals surface area contributed by atoms with E-state index >= 15 is 0 Å². The van der Waals surface area contributed by atoms with Gasteiger partial charge in [-0.3, -0.25) is 0 Å². The smallest absolute Gasteiger partial charge is 0.192 e. The number of nitrogens with zero attached hydrogens (tertiary/aromatic N) is 1. The molecule has 0 radical (unpaired) electrons. The van der Waals surface area contributed by atoms with Crippen molar-refractivity contribution in [3.05, 3.63) is 39.4 Å². The molecule has 1 aromatic carbocycles. The van der Waals surface area contributed by atoms with E-state index in [0.29, 0.717) is 5.89 Å². The summed E-state index contributed by atoms with van der Waals surface area (Å²) in [4.78, 5) is 7.44. The number of hydrogen-bond donors (Lipinski definition) is 1. The molecule has 0 saturated heterocycles. The van der Waals surface area contributed by atoms with Crippen LogP contribution in [0.1, 0.15) is 5.89 Å². The third-order valence-electron chi connectivity index (χ3n) is 2.58. The molecule has 0 amide bonds. The van der Waals surface area contributed by atoms with Crippen molar-refractivity contribution < 1.29 is 4.42 Å². The van der Waals surface area contributed by atoms with Gasteiger partial charge in [-0.05, 0) is 34.1 Å². The van der Waals surface area contributed by atoms with Crippen LogP contribution in [0.15, 0.2) is 37.9 Å². The molecule has 3 nitrogen and oxygen atoms in total. The van der Waals surface area contributed by atoms with E-state index in [9.17, 15) is 0 Å². The van der Waals surface area contributed by atoms with Gasteiger partial charge in [-0.25, -0.2) is 4.98 Å². The average Bonchev–Trinajstić information content (AvgIpc) is 2.81. The average molecular weight is 356 g/mol. The number of fused-ring (bicyclic) bond motifs is 1. The minimum absolute atomic E-state index is 0.649. The van der Waals surface area contributed by atoms with Gasteiger partial charge < -0.3 is 9.40 Å². The SMILES string of the molecule is Cc1nc(Br)c(-c2c[nH]c3ccc(Br)cc23)o1. The molecule has 0 aliphatic heterocycles. The summed E-state index contributed by atoms with van der Waals surface area (Å²) in [5, 5.41) is 1.11. The van der Waals surface area contributed by atoms with Gasteiger partial charge in [0.15, 0.2) is 16.3 Å². The van der Waals surface area contributed by atoms with Crippen LogP contribution in [0.3, 0.4) is 0 Å². The Morgan fingerprint density at radius 2 is 2.12 bits per heavy atom. The van der Waals surface area contributed by atoms with E-state index in [0.717, 1.165) is 31.3 Å². The van der Waals surface area contributed by atoms with Crippen molar-refractivity contribution >= 4 is 42.8 Å². The quantitative estimate of drug-likeness (QED) is 0.689. The van der Waals surface area contributed by atoms with Crippen LogP contribution < -0.4 is 0 Å². The first kappa shape index (κ1) is 11.0. The molecule has 3 aromatic rings. The second-order valence-electron chi connectivity index (χ2n) is 3.75. The molecule has 0 saturated carbocycles. The number of aromatic nitrogens is 2. The zero-order chi connectivity index (χ0) is 12.0. The van der Waals surface area contributed by atoms with Gasteiger partial charge in [0, 0.05) is 34.1 Å². The van der Waals surface area contributed by atoms with Crippen LogP contribution in [-0.4, -0.2) is 9.97 Å². The van der Waals surface area contributed by atoms with Crippen LogP contribution in [0.4, 0.5) is 0 Å². The molecular formula is C12H8Br2N2O. The number of rotatable bonds is 1. The van der Waals surface area contributed by atoms with Crippen LogP contribution in [-0.2, 0) is 0 Å². The van der Waals surface area contributed by atoms with Crippen LogP contribution in [0, 0.1) is 6.92 Å². The lowest BCUT2D eigenvalue weighted by Gasteiger charge is -1.96. The zero-order valence-electron chi connectivity index (χ0n) is 8.92. The van der Waals surface area contributed by atoms with Crippen molar-refractivity contribution in [1.29, 1.82) is 0 Å². The third kappa shape index (κ3) is 1.83. The highest BCUT2D eigenvalue weighted by Gasteiger charge is 2.15. The van der Waals surface area contributed by atoms with E-state index in [1.165, 1.54) is 0 Å². The maximum Gasteiger partial charge on any atom is 0.192 e. The first-order valence-electron chi connectivity index (χ1n) is 5.05. The summed E-state index contributed by atoms with van der Waals surface area (Å²) < 4.78 is 7.39. The maximum absolute atomic E-state index is 5.61. The van der Waals surface area contributed by atoms with Crippen molar-refractivity contribution in [2.45, 2.75) is 6.92 Å². The number of halogens is 2. The predicted molar refractivity (Wildman–Crippen MR) is 73.9 cm³/mol. The van der Waals surface area contributed by atoms with Gasteiger partial charge in [0.2, 0.25) is 0 Å². The van der Waals surface area contributed by atoms with Gasteiger partial charge >= 0.3 is 0 Å². The van der Waals surface area contributed by atoms with E-state index in [1.54, 1.807) is 0 Å². The first-order valence-corrected chi connectivity index (χ1v) is 6.63. The van der Waals surface area contributed by atoms with Gasteiger partial charge in [0.1, 0.15) is 0 Å². The zero-order valence-corrected chi connectivity index (χ0v) is 12.1. The van der Waals surface area contributed by atoms with E-state index in [4.69, 9.17) is 4.42 Å². The van der Waals surface area contributed by atoms with Crippen molar-refractivity contribution in [3.8, 4) is 11.3 Å². The van der Waals surface area contributed by atoms with E-state index in [-0.39, 0.29) is 0 Å². The maximum atomic E-state index is 5.61. The summed E-state index contributed by atoms with van der Waals surface area (Å²) >= 11 is 6.89. The van der Waals surface area contributed by atoms with Crippen LogP contribution in [0.2, 0.25) is 0 Å². The molecule has 0 bridgehead atoms. The van der Waals surface area contributed by atoms with Crippen LogP contribution in [0.5, 0.6) is 0 Å². The highest BCUT2D eigenvalue weighted by atomic mass is 79.9. The summed E-state index contributed by atoms with van der Waals surface area (Å²) in [5.41, 5.74) is 2.08. The normalized spacial score (nSPS) is 11.2. The third-order valence-corrected chi connectivity index (χ3v) is 3.61. The summed E-state index contributed by atoms with van der Waals surface area (Å²) in [6.45, 7) is 1.83. The van der Waals surface area contributed by atoms with Gasteiger partial charge in [0.05, 0.1) is 0 Å². The standard InChI is InChI=1S/C12H8Br2N2O/c1-6-16-12(14)11(17-6)9-5-15-10-3-2-7(13)4-8(9)10/h2-5,15H,1H3. The lowest BCUT2D eigenvalue weighted by molar-refractivity contribution is 0.534. The van der Waals surface area contributed by atoms with E-state index in [1.807, 2.05) is 25.3 Å². The number of benzene rings is 1. The summed E-state index contributed by atoms with van der Waals surface area (Å²) in [6.07, 6.45) is 1.93. The molecule has 0 aliphatic rings. The fourth-order valence-corrected chi connectivity index (χ4v) is 2.75. The molecule has 2 aromatic heterocycles. The Labute approximate surface area is 114 Å². The van der Waals surface area contributed by atoms with Crippen LogP contribution in [0.25, 0.3) is 22.2 Å². The van der Waals surface area contributed by atoms with Crippen molar-refractivity contribution in [1.82, 2.24) is 9.97 Å². The molecule has 1 N–H and O–H groups in total. The Hall–Kier alpha value is -1.07. The molecule has 0 fully saturated rings. The minimum Gasteiger partial charge on any atom is -0.440 e. The Bertz CT molecular complexity index is 700. The Balaban J connectivity index is 2.30. The summed E-state index contributed by atoms with van der Waals surface area (Å²) in [6, 6.07) is 6.09. The molecule has 17 heavy (non-hydrogen) atoms. The van der Waals surface area contributed by atoms with E-state index < -0.39 is 0 Å². The topological polar surface area (TPSA) is 41.8 Å². The molecule has 2 heterocycles. The second kappa shape index (κ2) is 3.99. The highest BCUT2D eigenvalue weighted by Crippen LogP contribution is 2.35. The summed E-state index contributed by atoms with van der Waals surface area (Å²) in [7, 11) is 0. The number of H-pyrrole nitrogens is 1.